The molecule has 0 saturated carbocycles. The second-order valence-electron chi connectivity index (χ2n) is 7.22. The molecule has 1 heterocycles. The summed E-state index contributed by atoms with van der Waals surface area (Å²) < 4.78 is 0. The van der Waals surface area contributed by atoms with Gasteiger partial charge in [-0.25, -0.2) is 0 Å². The molecular formula is C22H25N3O3S. The monoisotopic (exact) mass is 411 g/mol. The lowest BCUT2D eigenvalue weighted by molar-refractivity contribution is -0.132. The largest absolute Gasteiger partial charge is 0.339 e. The molecule has 1 aliphatic heterocycles. The third kappa shape index (κ3) is 5.17. The first-order chi connectivity index (χ1) is 13.8. The van der Waals surface area contributed by atoms with Crippen LogP contribution in [0, 0.1) is 0 Å². The van der Waals surface area contributed by atoms with Gasteiger partial charge in [0, 0.05) is 38.1 Å². The smallest absolute Gasteiger partial charge is 0.285 e. The summed E-state index contributed by atoms with van der Waals surface area (Å²) >= 11 is 1.13. The summed E-state index contributed by atoms with van der Waals surface area (Å²) in [6.07, 6.45) is 1.00. The molecule has 3 rings (SSSR count). The van der Waals surface area contributed by atoms with Crippen LogP contribution in [0.3, 0.4) is 0 Å². The predicted octanol–water partition coefficient (Wildman–Crippen LogP) is 3.93. The first-order valence-electron chi connectivity index (χ1n) is 9.49. The van der Waals surface area contributed by atoms with E-state index in [0.717, 1.165) is 28.6 Å². The maximum Gasteiger partial charge on any atom is 0.285 e. The van der Waals surface area contributed by atoms with Crippen LogP contribution < -0.4 is 5.32 Å². The van der Waals surface area contributed by atoms with Crippen LogP contribution in [0.25, 0.3) is 0 Å². The van der Waals surface area contributed by atoms with E-state index in [1.54, 1.807) is 50.2 Å². The third-order valence-electron chi connectivity index (χ3n) is 4.90. The minimum atomic E-state index is -0.259. The molecule has 2 aromatic rings. The Balaban J connectivity index is 1.68. The Kier molecular flexibility index (Phi) is 6.59. The van der Waals surface area contributed by atoms with E-state index in [-0.39, 0.29) is 29.5 Å². The number of hydrogen-bond acceptors (Lipinski definition) is 4. The molecule has 1 N–H and O–H groups in total. The number of nitrogens with one attached hydrogen (secondary N) is 1. The zero-order chi connectivity index (χ0) is 21.0. The quantitative estimate of drug-likeness (QED) is 0.774. The second kappa shape index (κ2) is 9.13. The van der Waals surface area contributed by atoms with E-state index < -0.39 is 0 Å². The van der Waals surface area contributed by atoms with E-state index in [9.17, 15) is 14.4 Å². The van der Waals surface area contributed by atoms with Gasteiger partial charge in [-0.05, 0) is 53.6 Å². The van der Waals surface area contributed by atoms with Crippen LogP contribution >= 0.6 is 11.8 Å². The van der Waals surface area contributed by atoms with Gasteiger partial charge in [-0.3, -0.25) is 14.4 Å². The van der Waals surface area contributed by atoms with Crippen LogP contribution in [0.2, 0.25) is 0 Å². The van der Waals surface area contributed by atoms with Crippen molar-refractivity contribution in [3.8, 4) is 0 Å². The molecule has 6 nitrogen and oxygen atoms in total. The van der Waals surface area contributed by atoms with Crippen molar-refractivity contribution in [3.05, 3.63) is 59.7 Å². The number of nitrogens with zero attached hydrogens (tertiary/aromatic N) is 2. The van der Waals surface area contributed by atoms with Gasteiger partial charge in [-0.1, -0.05) is 24.3 Å². The Labute approximate surface area is 175 Å². The van der Waals surface area contributed by atoms with Gasteiger partial charge in [-0.2, -0.15) is 0 Å². The second-order valence-corrected chi connectivity index (χ2v) is 8.24. The van der Waals surface area contributed by atoms with Gasteiger partial charge in [0.2, 0.25) is 11.8 Å². The van der Waals surface area contributed by atoms with Gasteiger partial charge in [0.25, 0.3) is 5.24 Å². The summed E-state index contributed by atoms with van der Waals surface area (Å²) in [7, 11) is 3.41. The first kappa shape index (κ1) is 20.9. The standard InChI is InChI=1S/C22H25N3O3S/c1-15(26)25-13-12-16-6-4-5-7-19(16)20(25)14-21(27)23-17-8-10-18(11-9-17)29-22(28)24(2)3/h4-11,20H,12-14H2,1-3H3,(H,23,27). The van der Waals surface area contributed by atoms with E-state index >= 15 is 0 Å². The summed E-state index contributed by atoms with van der Waals surface area (Å²) in [5, 5.41) is 2.85. The fraction of sp³-hybridized carbons (Fsp3) is 0.318. The van der Waals surface area contributed by atoms with E-state index in [2.05, 4.69) is 11.4 Å². The van der Waals surface area contributed by atoms with Gasteiger partial charge < -0.3 is 15.1 Å². The molecule has 7 heteroatoms. The van der Waals surface area contributed by atoms with Crippen molar-refractivity contribution < 1.29 is 14.4 Å². The molecule has 0 radical (unpaired) electrons. The zero-order valence-electron chi connectivity index (χ0n) is 16.8. The summed E-state index contributed by atoms with van der Waals surface area (Å²) in [5.41, 5.74) is 2.89. The molecule has 0 aromatic heterocycles. The predicted molar refractivity (Wildman–Crippen MR) is 115 cm³/mol. The molecule has 0 saturated heterocycles. The number of amides is 3. The number of fused-ring (bicyclic) bond motifs is 1. The molecule has 0 bridgehead atoms. The molecule has 2 aromatic carbocycles. The van der Waals surface area contributed by atoms with E-state index in [1.165, 1.54) is 10.5 Å². The fourth-order valence-corrected chi connectivity index (χ4v) is 4.09. The maximum atomic E-state index is 12.7. The molecule has 152 valence electrons. The van der Waals surface area contributed by atoms with Crippen LogP contribution in [0.1, 0.15) is 30.5 Å². The highest BCUT2D eigenvalue weighted by atomic mass is 32.2. The van der Waals surface area contributed by atoms with E-state index in [1.807, 2.05) is 18.2 Å². The Hall–Kier alpha value is -2.80. The number of anilines is 1. The van der Waals surface area contributed by atoms with E-state index in [0.29, 0.717) is 12.2 Å². The van der Waals surface area contributed by atoms with Crippen molar-refractivity contribution in [2.45, 2.75) is 30.7 Å². The Morgan fingerprint density at radius 3 is 2.45 bits per heavy atom. The topological polar surface area (TPSA) is 69.7 Å². The lowest BCUT2D eigenvalue weighted by Crippen LogP contribution is -2.40. The average Bonchev–Trinajstić information content (AvgIpc) is 2.69. The van der Waals surface area contributed by atoms with Crippen molar-refractivity contribution in [3.63, 3.8) is 0 Å². The van der Waals surface area contributed by atoms with Gasteiger partial charge >= 0.3 is 0 Å². The minimum Gasteiger partial charge on any atom is -0.339 e. The Morgan fingerprint density at radius 1 is 1.10 bits per heavy atom. The average molecular weight is 412 g/mol. The van der Waals surface area contributed by atoms with Crippen LogP contribution in [0.5, 0.6) is 0 Å². The Morgan fingerprint density at radius 2 is 1.79 bits per heavy atom. The van der Waals surface area contributed by atoms with Crippen molar-refractivity contribution in [2.24, 2.45) is 0 Å². The van der Waals surface area contributed by atoms with Gasteiger partial charge in [0.05, 0.1) is 12.5 Å². The fourth-order valence-electron chi connectivity index (χ4n) is 3.43. The third-order valence-corrected chi connectivity index (χ3v) is 5.95. The summed E-state index contributed by atoms with van der Waals surface area (Å²) in [5.74, 6) is -0.174. The first-order valence-corrected chi connectivity index (χ1v) is 10.3. The van der Waals surface area contributed by atoms with Gasteiger partial charge in [0.1, 0.15) is 0 Å². The molecule has 0 aliphatic carbocycles. The molecule has 1 aliphatic rings. The molecule has 0 fully saturated rings. The summed E-state index contributed by atoms with van der Waals surface area (Å²) in [4.78, 5) is 40.7. The molecular weight excluding hydrogens is 386 g/mol. The highest BCUT2D eigenvalue weighted by molar-refractivity contribution is 8.13. The van der Waals surface area contributed by atoms with Crippen LogP contribution in [-0.4, -0.2) is 47.5 Å². The highest BCUT2D eigenvalue weighted by Gasteiger charge is 2.30. The van der Waals surface area contributed by atoms with Crippen LogP contribution in [0.4, 0.5) is 10.5 Å². The highest BCUT2D eigenvalue weighted by Crippen LogP contribution is 2.32. The molecule has 1 atom stereocenters. The molecule has 29 heavy (non-hydrogen) atoms. The zero-order valence-corrected chi connectivity index (χ0v) is 17.7. The number of rotatable bonds is 4. The lowest BCUT2D eigenvalue weighted by atomic mass is 9.90. The van der Waals surface area contributed by atoms with Crippen molar-refractivity contribution in [1.29, 1.82) is 0 Å². The number of thioether (sulfide) groups is 1. The molecule has 1 unspecified atom stereocenters. The summed E-state index contributed by atoms with van der Waals surface area (Å²) in [6, 6.07) is 14.9. The normalized spacial score (nSPS) is 15.4. The van der Waals surface area contributed by atoms with Crippen molar-refractivity contribution in [1.82, 2.24) is 9.80 Å². The van der Waals surface area contributed by atoms with E-state index in [4.69, 9.17) is 0 Å². The maximum absolute atomic E-state index is 12.7. The number of carbonyl (C=O) groups excluding carboxylic acids is 3. The lowest BCUT2D eigenvalue weighted by Gasteiger charge is -2.36. The minimum absolute atomic E-state index is 0.0239. The molecule has 3 amide bonds. The van der Waals surface area contributed by atoms with Gasteiger partial charge in [0.15, 0.2) is 0 Å². The number of hydrogen-bond donors (Lipinski definition) is 1. The van der Waals surface area contributed by atoms with Crippen LogP contribution in [0.15, 0.2) is 53.4 Å². The van der Waals surface area contributed by atoms with Crippen molar-refractivity contribution in [2.75, 3.05) is 26.0 Å². The summed E-state index contributed by atoms with van der Waals surface area (Å²) in [6.45, 7) is 2.17. The van der Waals surface area contributed by atoms with Gasteiger partial charge in [-0.15, -0.1) is 0 Å². The SMILES string of the molecule is CC(=O)N1CCc2ccccc2C1CC(=O)Nc1ccc(SC(=O)N(C)C)cc1. The van der Waals surface area contributed by atoms with Crippen molar-refractivity contribution >= 4 is 34.5 Å². The number of carbonyl (C=O) groups is 3. The van der Waals surface area contributed by atoms with Crippen LogP contribution in [-0.2, 0) is 16.0 Å². The number of benzene rings is 2. The Bertz CT molecular complexity index is 912. The molecule has 0 spiro atoms.